The Morgan fingerprint density at radius 1 is 1.06 bits per heavy atom. The minimum absolute atomic E-state index is 0.0921. The molecule has 0 aromatic carbocycles. The topological polar surface area (TPSA) is 27.7 Å². The highest BCUT2D eigenvalue weighted by Gasteiger charge is 2.21. The van der Waals surface area contributed by atoms with Gasteiger partial charge < -0.3 is 14.2 Å². The SMILES string of the molecule is CCOC(CCOC1CCCC(CC)C1)OCC. The molecule has 1 rings (SSSR count). The van der Waals surface area contributed by atoms with E-state index in [-0.39, 0.29) is 6.29 Å². The smallest absolute Gasteiger partial charge is 0.159 e. The van der Waals surface area contributed by atoms with Crippen molar-refractivity contribution in [2.75, 3.05) is 19.8 Å². The highest BCUT2D eigenvalue weighted by Crippen LogP contribution is 2.28. The van der Waals surface area contributed by atoms with Gasteiger partial charge >= 0.3 is 0 Å². The van der Waals surface area contributed by atoms with Gasteiger partial charge in [0.05, 0.1) is 12.7 Å². The van der Waals surface area contributed by atoms with Crippen molar-refractivity contribution in [1.82, 2.24) is 0 Å². The zero-order valence-electron chi connectivity index (χ0n) is 12.3. The van der Waals surface area contributed by atoms with Crippen LogP contribution >= 0.6 is 0 Å². The Hall–Kier alpha value is -0.120. The van der Waals surface area contributed by atoms with E-state index in [9.17, 15) is 0 Å². The van der Waals surface area contributed by atoms with Crippen LogP contribution in [-0.2, 0) is 14.2 Å². The van der Waals surface area contributed by atoms with Gasteiger partial charge in [-0.3, -0.25) is 0 Å². The van der Waals surface area contributed by atoms with Crippen LogP contribution in [0.15, 0.2) is 0 Å². The van der Waals surface area contributed by atoms with Crippen LogP contribution in [0.2, 0.25) is 0 Å². The molecule has 0 aliphatic heterocycles. The van der Waals surface area contributed by atoms with E-state index >= 15 is 0 Å². The number of hydrogen-bond acceptors (Lipinski definition) is 3. The van der Waals surface area contributed by atoms with Gasteiger partial charge in [-0.2, -0.15) is 0 Å². The van der Waals surface area contributed by atoms with Crippen molar-refractivity contribution in [2.24, 2.45) is 5.92 Å². The van der Waals surface area contributed by atoms with E-state index in [0.29, 0.717) is 19.3 Å². The quantitative estimate of drug-likeness (QED) is 0.589. The number of rotatable bonds is 9. The third kappa shape index (κ3) is 6.17. The van der Waals surface area contributed by atoms with Gasteiger partial charge in [-0.15, -0.1) is 0 Å². The molecule has 3 heteroatoms. The molecule has 3 nitrogen and oxygen atoms in total. The molecule has 1 aliphatic carbocycles. The lowest BCUT2D eigenvalue weighted by Crippen LogP contribution is -2.25. The van der Waals surface area contributed by atoms with Crippen LogP contribution in [0.3, 0.4) is 0 Å². The molecule has 0 radical (unpaired) electrons. The first-order valence-electron chi connectivity index (χ1n) is 7.64. The predicted molar refractivity (Wildman–Crippen MR) is 73.6 cm³/mol. The van der Waals surface area contributed by atoms with Crippen molar-refractivity contribution < 1.29 is 14.2 Å². The van der Waals surface area contributed by atoms with Gasteiger partial charge in [0.1, 0.15) is 0 Å². The molecule has 0 aromatic heterocycles. The van der Waals surface area contributed by atoms with E-state index < -0.39 is 0 Å². The molecule has 18 heavy (non-hydrogen) atoms. The second kappa shape index (κ2) is 9.76. The normalized spacial score (nSPS) is 24.7. The Morgan fingerprint density at radius 3 is 2.39 bits per heavy atom. The Labute approximate surface area is 112 Å². The maximum absolute atomic E-state index is 5.98. The number of ether oxygens (including phenoxy) is 3. The second-order valence-corrected chi connectivity index (χ2v) is 5.06. The summed E-state index contributed by atoms with van der Waals surface area (Å²) in [6.07, 6.45) is 7.68. The van der Waals surface area contributed by atoms with Crippen LogP contribution in [0.25, 0.3) is 0 Å². The first-order chi connectivity index (χ1) is 8.80. The van der Waals surface area contributed by atoms with Crippen molar-refractivity contribution in [3.8, 4) is 0 Å². The first-order valence-corrected chi connectivity index (χ1v) is 7.64. The highest BCUT2D eigenvalue weighted by atomic mass is 16.7. The van der Waals surface area contributed by atoms with Gasteiger partial charge in [0.25, 0.3) is 0 Å². The summed E-state index contributed by atoms with van der Waals surface area (Å²) < 4.78 is 17.0. The monoisotopic (exact) mass is 258 g/mol. The van der Waals surface area contributed by atoms with E-state index in [1.807, 2.05) is 13.8 Å². The van der Waals surface area contributed by atoms with E-state index in [1.165, 1.54) is 32.1 Å². The number of hydrogen-bond donors (Lipinski definition) is 0. The minimum atomic E-state index is -0.0921. The summed E-state index contributed by atoms with van der Waals surface area (Å²) in [6, 6.07) is 0. The standard InChI is InChI=1S/C15H30O3/c1-4-13-8-7-9-14(12-13)18-11-10-15(16-5-2)17-6-3/h13-15H,4-12H2,1-3H3. The molecule has 0 heterocycles. The average molecular weight is 258 g/mol. The summed E-state index contributed by atoms with van der Waals surface area (Å²) in [5.74, 6) is 0.873. The second-order valence-electron chi connectivity index (χ2n) is 5.06. The van der Waals surface area contributed by atoms with Crippen molar-refractivity contribution in [3.63, 3.8) is 0 Å². The van der Waals surface area contributed by atoms with Crippen LogP contribution in [0.4, 0.5) is 0 Å². The molecular formula is C15H30O3. The van der Waals surface area contributed by atoms with E-state index in [0.717, 1.165) is 18.9 Å². The molecule has 1 fully saturated rings. The largest absolute Gasteiger partial charge is 0.378 e. The van der Waals surface area contributed by atoms with E-state index in [2.05, 4.69) is 6.92 Å². The van der Waals surface area contributed by atoms with Gasteiger partial charge in [0.15, 0.2) is 6.29 Å². The summed E-state index contributed by atoms with van der Waals surface area (Å²) in [5, 5.41) is 0. The highest BCUT2D eigenvalue weighted by molar-refractivity contribution is 4.72. The summed E-state index contributed by atoms with van der Waals surface area (Å²) in [5.41, 5.74) is 0. The van der Waals surface area contributed by atoms with Gasteiger partial charge in [0.2, 0.25) is 0 Å². The van der Waals surface area contributed by atoms with E-state index in [4.69, 9.17) is 14.2 Å². The minimum Gasteiger partial charge on any atom is -0.378 e. The zero-order valence-corrected chi connectivity index (χ0v) is 12.3. The molecule has 108 valence electrons. The molecule has 1 aliphatic rings. The fourth-order valence-electron chi connectivity index (χ4n) is 2.68. The molecule has 0 saturated heterocycles. The molecule has 0 bridgehead atoms. The summed E-state index contributed by atoms with van der Waals surface area (Å²) in [7, 11) is 0. The predicted octanol–water partition coefficient (Wildman–Crippen LogP) is 3.76. The Morgan fingerprint density at radius 2 is 1.78 bits per heavy atom. The van der Waals surface area contributed by atoms with Crippen LogP contribution < -0.4 is 0 Å². The van der Waals surface area contributed by atoms with Crippen molar-refractivity contribution in [2.45, 2.75) is 71.7 Å². The average Bonchev–Trinajstić information content (AvgIpc) is 2.39. The zero-order chi connectivity index (χ0) is 13.2. The fraction of sp³-hybridized carbons (Fsp3) is 1.00. The Kier molecular flexibility index (Phi) is 8.64. The summed E-state index contributed by atoms with van der Waals surface area (Å²) >= 11 is 0. The molecule has 2 unspecified atom stereocenters. The summed E-state index contributed by atoms with van der Waals surface area (Å²) in [6.45, 7) is 8.44. The van der Waals surface area contributed by atoms with Gasteiger partial charge in [-0.05, 0) is 32.6 Å². The molecule has 0 spiro atoms. The lowest BCUT2D eigenvalue weighted by Gasteiger charge is -2.29. The molecular weight excluding hydrogens is 228 g/mol. The lowest BCUT2D eigenvalue weighted by molar-refractivity contribution is -0.150. The van der Waals surface area contributed by atoms with Gasteiger partial charge in [0, 0.05) is 19.6 Å². The maximum Gasteiger partial charge on any atom is 0.159 e. The van der Waals surface area contributed by atoms with Crippen molar-refractivity contribution in [3.05, 3.63) is 0 Å². The third-order valence-electron chi connectivity index (χ3n) is 3.72. The van der Waals surface area contributed by atoms with Crippen LogP contribution in [0.1, 0.15) is 59.3 Å². The summed E-state index contributed by atoms with van der Waals surface area (Å²) in [4.78, 5) is 0. The van der Waals surface area contributed by atoms with E-state index in [1.54, 1.807) is 0 Å². The molecule has 0 amide bonds. The Bertz CT molecular complexity index is 190. The van der Waals surface area contributed by atoms with Crippen LogP contribution in [-0.4, -0.2) is 32.2 Å². The molecule has 0 aromatic rings. The van der Waals surface area contributed by atoms with Crippen molar-refractivity contribution >= 4 is 0 Å². The molecule has 2 atom stereocenters. The van der Waals surface area contributed by atoms with Gasteiger partial charge in [-0.25, -0.2) is 0 Å². The maximum atomic E-state index is 5.98. The first kappa shape index (κ1) is 15.9. The molecule has 1 saturated carbocycles. The van der Waals surface area contributed by atoms with Crippen LogP contribution in [0, 0.1) is 5.92 Å². The van der Waals surface area contributed by atoms with Gasteiger partial charge in [-0.1, -0.05) is 26.2 Å². The third-order valence-corrected chi connectivity index (χ3v) is 3.72. The fourth-order valence-corrected chi connectivity index (χ4v) is 2.68. The van der Waals surface area contributed by atoms with Crippen molar-refractivity contribution in [1.29, 1.82) is 0 Å². The molecule has 0 N–H and O–H groups in total. The Balaban J connectivity index is 2.15. The van der Waals surface area contributed by atoms with Crippen LogP contribution in [0.5, 0.6) is 0 Å². The lowest BCUT2D eigenvalue weighted by atomic mass is 9.85.